The molecule has 4 nitrogen and oxygen atoms in total. The number of nitrogens with zero attached hydrogens (tertiary/aromatic N) is 3. The second kappa shape index (κ2) is 8.92. The van der Waals surface area contributed by atoms with Crippen LogP contribution in [0.1, 0.15) is 37.5 Å². The summed E-state index contributed by atoms with van der Waals surface area (Å²) in [5.74, 6) is 0.851. The molecular formula is C36H31N3O. The Morgan fingerprint density at radius 1 is 0.675 bits per heavy atom. The van der Waals surface area contributed by atoms with Gasteiger partial charge in [-0.25, -0.2) is 9.97 Å². The van der Waals surface area contributed by atoms with Crippen molar-refractivity contribution in [1.82, 2.24) is 14.5 Å². The molecule has 3 heterocycles. The molecule has 40 heavy (non-hydrogen) atoms. The Balaban J connectivity index is 1.45. The van der Waals surface area contributed by atoms with Crippen LogP contribution in [0.2, 0.25) is 0 Å². The number of rotatable bonds is 3. The van der Waals surface area contributed by atoms with E-state index in [4.69, 9.17) is 14.4 Å². The van der Waals surface area contributed by atoms with Crippen molar-refractivity contribution < 1.29 is 4.42 Å². The summed E-state index contributed by atoms with van der Waals surface area (Å²) in [6.07, 6.45) is 0. The molecule has 0 unspecified atom stereocenters. The van der Waals surface area contributed by atoms with Crippen molar-refractivity contribution in [3.8, 4) is 28.3 Å². The highest BCUT2D eigenvalue weighted by Gasteiger charge is 2.21. The number of hydrogen-bond donors (Lipinski definition) is 0. The zero-order valence-corrected chi connectivity index (χ0v) is 23.5. The molecule has 196 valence electrons. The van der Waals surface area contributed by atoms with Gasteiger partial charge < -0.3 is 4.42 Å². The van der Waals surface area contributed by atoms with Crippen molar-refractivity contribution in [2.75, 3.05) is 0 Å². The van der Waals surface area contributed by atoms with Gasteiger partial charge in [0.05, 0.1) is 22.3 Å². The molecule has 0 aliphatic rings. The van der Waals surface area contributed by atoms with Crippen LogP contribution in [0.5, 0.6) is 0 Å². The van der Waals surface area contributed by atoms with Gasteiger partial charge in [0.15, 0.2) is 0 Å². The van der Waals surface area contributed by atoms with Gasteiger partial charge in [-0.3, -0.25) is 4.57 Å². The number of pyridine rings is 1. The van der Waals surface area contributed by atoms with Gasteiger partial charge in [0, 0.05) is 22.0 Å². The summed E-state index contributed by atoms with van der Waals surface area (Å²) in [5.41, 5.74) is 11.3. The molecular weight excluding hydrogens is 490 g/mol. The number of fused-ring (bicyclic) bond motifs is 4. The van der Waals surface area contributed by atoms with Crippen LogP contribution < -0.4 is 0 Å². The topological polar surface area (TPSA) is 43.9 Å². The number of furan rings is 1. The first kappa shape index (κ1) is 24.3. The minimum atomic E-state index is 0.0842. The summed E-state index contributed by atoms with van der Waals surface area (Å²) in [6, 6.07) is 34.0. The summed E-state index contributed by atoms with van der Waals surface area (Å²) < 4.78 is 8.80. The lowest BCUT2D eigenvalue weighted by molar-refractivity contribution is 0.590. The molecule has 7 aromatic rings. The van der Waals surface area contributed by atoms with E-state index in [1.165, 1.54) is 16.7 Å². The van der Waals surface area contributed by atoms with Crippen molar-refractivity contribution in [2.24, 2.45) is 0 Å². The van der Waals surface area contributed by atoms with Crippen LogP contribution >= 0.6 is 0 Å². The predicted octanol–water partition coefficient (Wildman–Crippen LogP) is 9.57. The van der Waals surface area contributed by atoms with E-state index < -0.39 is 0 Å². The van der Waals surface area contributed by atoms with Crippen molar-refractivity contribution >= 4 is 33.1 Å². The molecule has 0 aliphatic carbocycles. The number of para-hydroxylation sites is 3. The smallest absolute Gasteiger partial charge is 0.227 e. The summed E-state index contributed by atoms with van der Waals surface area (Å²) in [5, 5.41) is 2.04. The van der Waals surface area contributed by atoms with Gasteiger partial charge in [-0.2, -0.15) is 0 Å². The number of hydrogen-bond acceptors (Lipinski definition) is 3. The SMILES string of the molecule is Cc1cccc(C)c1-c1ccc2c(n1)oc1c(-c3nc4ccccc4n3-c3ccc(C(C)(C)C)cc3)cccc12. The van der Waals surface area contributed by atoms with E-state index in [1.807, 2.05) is 6.07 Å². The third-order valence-electron chi connectivity index (χ3n) is 7.89. The molecule has 4 aromatic carbocycles. The predicted molar refractivity (Wildman–Crippen MR) is 165 cm³/mol. The maximum Gasteiger partial charge on any atom is 0.227 e. The van der Waals surface area contributed by atoms with Gasteiger partial charge >= 0.3 is 0 Å². The van der Waals surface area contributed by atoms with E-state index in [9.17, 15) is 0 Å². The van der Waals surface area contributed by atoms with Crippen LogP contribution in [0.15, 0.2) is 101 Å². The fourth-order valence-corrected chi connectivity index (χ4v) is 5.79. The molecule has 0 bridgehead atoms. The van der Waals surface area contributed by atoms with Crippen LogP contribution in [0.3, 0.4) is 0 Å². The zero-order valence-electron chi connectivity index (χ0n) is 23.5. The molecule has 0 aliphatic heterocycles. The van der Waals surface area contributed by atoms with Crippen molar-refractivity contribution in [3.05, 3.63) is 114 Å². The van der Waals surface area contributed by atoms with Gasteiger partial charge in [0.1, 0.15) is 11.4 Å². The molecule has 0 N–H and O–H groups in total. The van der Waals surface area contributed by atoms with Crippen LogP contribution in [0.25, 0.3) is 61.4 Å². The average Bonchev–Trinajstić information content (AvgIpc) is 3.51. The van der Waals surface area contributed by atoms with E-state index in [0.717, 1.165) is 55.7 Å². The number of aromatic nitrogens is 3. The number of benzene rings is 4. The third-order valence-corrected chi connectivity index (χ3v) is 7.89. The van der Waals surface area contributed by atoms with Crippen LogP contribution in [0, 0.1) is 13.8 Å². The zero-order chi connectivity index (χ0) is 27.6. The summed E-state index contributed by atoms with van der Waals surface area (Å²) >= 11 is 0. The minimum Gasteiger partial charge on any atom is -0.437 e. The molecule has 0 atom stereocenters. The lowest BCUT2D eigenvalue weighted by Gasteiger charge is -2.19. The first-order chi connectivity index (χ1) is 19.3. The van der Waals surface area contributed by atoms with Crippen LogP contribution in [-0.2, 0) is 5.41 Å². The molecule has 0 saturated carbocycles. The van der Waals surface area contributed by atoms with E-state index in [1.54, 1.807) is 0 Å². The molecule has 4 heteroatoms. The molecule has 3 aromatic heterocycles. The average molecular weight is 522 g/mol. The highest BCUT2D eigenvalue weighted by Crippen LogP contribution is 2.38. The Labute approximate surface area is 233 Å². The van der Waals surface area contributed by atoms with Crippen LogP contribution in [0.4, 0.5) is 0 Å². The van der Waals surface area contributed by atoms with Crippen molar-refractivity contribution in [2.45, 2.75) is 40.0 Å². The number of imidazole rings is 1. The van der Waals surface area contributed by atoms with E-state index in [2.05, 4.69) is 130 Å². The second-order valence-electron chi connectivity index (χ2n) is 11.7. The van der Waals surface area contributed by atoms with Gasteiger partial charge in [-0.1, -0.05) is 75.4 Å². The molecule has 0 fully saturated rings. The Bertz CT molecular complexity index is 2030. The Kier molecular flexibility index (Phi) is 5.43. The molecule has 0 radical (unpaired) electrons. The van der Waals surface area contributed by atoms with Crippen LogP contribution in [-0.4, -0.2) is 14.5 Å². The Hall–Kier alpha value is -4.70. The van der Waals surface area contributed by atoms with Gasteiger partial charge in [0.2, 0.25) is 5.71 Å². The molecule has 7 rings (SSSR count). The van der Waals surface area contributed by atoms with Crippen molar-refractivity contribution in [3.63, 3.8) is 0 Å². The Morgan fingerprint density at radius 3 is 2.15 bits per heavy atom. The van der Waals surface area contributed by atoms with Gasteiger partial charge in [-0.15, -0.1) is 0 Å². The minimum absolute atomic E-state index is 0.0842. The summed E-state index contributed by atoms with van der Waals surface area (Å²) in [4.78, 5) is 10.1. The number of aryl methyl sites for hydroxylation is 2. The first-order valence-electron chi connectivity index (χ1n) is 13.8. The highest BCUT2D eigenvalue weighted by atomic mass is 16.3. The van der Waals surface area contributed by atoms with E-state index >= 15 is 0 Å². The maximum absolute atomic E-state index is 6.57. The monoisotopic (exact) mass is 521 g/mol. The van der Waals surface area contributed by atoms with Gasteiger partial charge in [0.25, 0.3) is 0 Å². The second-order valence-corrected chi connectivity index (χ2v) is 11.7. The maximum atomic E-state index is 6.57. The summed E-state index contributed by atoms with van der Waals surface area (Å²) in [7, 11) is 0. The molecule has 0 spiro atoms. The standard InChI is InChI=1S/C36H31N3O/c1-22-10-8-11-23(2)32(22)30-21-20-27-26-12-9-13-28(33(26)40-35(27)38-30)34-37-29-14-6-7-15-31(29)39(34)25-18-16-24(17-19-25)36(3,4)5/h6-21H,1-5H3. The lowest BCUT2D eigenvalue weighted by atomic mass is 9.87. The van der Waals surface area contributed by atoms with Crippen molar-refractivity contribution in [1.29, 1.82) is 0 Å². The first-order valence-corrected chi connectivity index (χ1v) is 13.8. The molecule has 0 saturated heterocycles. The fourth-order valence-electron chi connectivity index (χ4n) is 5.79. The van der Waals surface area contributed by atoms with Gasteiger partial charge in [-0.05, 0) is 78.4 Å². The highest BCUT2D eigenvalue weighted by molar-refractivity contribution is 6.09. The Morgan fingerprint density at radius 2 is 1.40 bits per heavy atom. The normalized spacial score (nSPS) is 12.1. The lowest BCUT2D eigenvalue weighted by Crippen LogP contribution is -2.11. The molecule has 0 amide bonds. The van der Waals surface area contributed by atoms with E-state index in [-0.39, 0.29) is 5.41 Å². The fraction of sp³-hybridized carbons (Fsp3) is 0.167. The third kappa shape index (κ3) is 3.83. The largest absolute Gasteiger partial charge is 0.437 e. The summed E-state index contributed by atoms with van der Waals surface area (Å²) in [6.45, 7) is 11.0. The quantitative estimate of drug-likeness (QED) is 0.232. The van der Waals surface area contributed by atoms with E-state index in [0.29, 0.717) is 5.71 Å².